The summed E-state index contributed by atoms with van der Waals surface area (Å²) in [6, 6.07) is 18.1. The van der Waals surface area contributed by atoms with Crippen LogP contribution >= 0.6 is 0 Å². The molecule has 0 aromatic heterocycles. The largest absolute Gasteiger partial charge is 0.490 e. The number of hydrogen-bond acceptors (Lipinski definition) is 7. The summed E-state index contributed by atoms with van der Waals surface area (Å²) in [5, 5.41) is 18.3. The molecule has 11 nitrogen and oxygen atoms in total. The van der Waals surface area contributed by atoms with E-state index in [2.05, 4.69) is 10.6 Å². The van der Waals surface area contributed by atoms with Crippen LogP contribution in [0.4, 0.5) is 16.2 Å². The number of ether oxygens (including phenoxy) is 2. The summed E-state index contributed by atoms with van der Waals surface area (Å²) >= 11 is 0. The van der Waals surface area contributed by atoms with Crippen LogP contribution < -0.4 is 15.4 Å². The van der Waals surface area contributed by atoms with Gasteiger partial charge in [0.05, 0.1) is 36.1 Å². The monoisotopic (exact) mass is 689 g/mol. The Hall–Kier alpha value is -4.19. The maximum Gasteiger partial charge on any atom is 0.321 e. The van der Waals surface area contributed by atoms with Crippen LogP contribution in [0.1, 0.15) is 63.2 Å². The highest BCUT2D eigenvalue weighted by molar-refractivity contribution is 6.02. The number of hydrogen-bond donors (Lipinski definition) is 3. The Morgan fingerprint density at radius 2 is 1.78 bits per heavy atom. The quantitative estimate of drug-likeness (QED) is 0.236. The molecule has 272 valence electrons. The van der Waals surface area contributed by atoms with Crippen molar-refractivity contribution in [2.45, 2.75) is 71.1 Å². The van der Waals surface area contributed by atoms with Gasteiger partial charge in [0.25, 0.3) is 5.91 Å². The standard InChI is InChI=1S/C39H55N5O6/c1-27-24-44(28(2)26-45)38(47)33-23-31(40-37(46)18-12-21-42(4)5)19-20-35(33)50-29(3)13-9-10-22-49-36(27)25-43(6)39(48)41-34-17-11-15-30-14-7-8-16-32(30)34/h7-8,11,14-17,19-20,23,27-29,36,45H,9-10,12-13,18,21-22,24-26H2,1-6H3,(H,40,46)(H,41,48)/t27-,28+,29-,36-/m0/s1. The van der Waals surface area contributed by atoms with E-state index in [4.69, 9.17) is 9.47 Å². The number of nitrogens with zero attached hydrogens (tertiary/aromatic N) is 3. The summed E-state index contributed by atoms with van der Waals surface area (Å²) in [5.41, 5.74) is 1.55. The van der Waals surface area contributed by atoms with Gasteiger partial charge < -0.3 is 39.9 Å². The Morgan fingerprint density at radius 3 is 2.54 bits per heavy atom. The Labute approximate surface area is 296 Å². The van der Waals surface area contributed by atoms with Gasteiger partial charge in [-0.3, -0.25) is 9.59 Å². The lowest BCUT2D eigenvalue weighted by atomic mass is 10.0. The van der Waals surface area contributed by atoms with Crippen LogP contribution in [0, 0.1) is 5.92 Å². The minimum atomic E-state index is -0.513. The summed E-state index contributed by atoms with van der Waals surface area (Å²) in [6.07, 6.45) is 2.94. The van der Waals surface area contributed by atoms with Crippen molar-refractivity contribution in [2.75, 3.05) is 64.6 Å². The first-order valence-electron chi connectivity index (χ1n) is 17.7. The number of amides is 4. The normalized spacial score (nSPS) is 19.6. The van der Waals surface area contributed by atoms with E-state index < -0.39 is 6.04 Å². The molecule has 0 radical (unpaired) electrons. The highest BCUT2D eigenvalue weighted by Gasteiger charge is 2.31. The third-order valence-electron chi connectivity index (χ3n) is 9.18. The molecule has 11 heteroatoms. The average molecular weight is 690 g/mol. The number of carbonyl (C=O) groups excluding carboxylic acids is 3. The molecule has 0 saturated heterocycles. The zero-order valence-electron chi connectivity index (χ0n) is 30.5. The number of rotatable bonds is 10. The Balaban J connectivity index is 1.56. The predicted octanol–water partition coefficient (Wildman–Crippen LogP) is 6.08. The number of aliphatic hydroxyl groups is 1. The summed E-state index contributed by atoms with van der Waals surface area (Å²) in [7, 11) is 5.68. The van der Waals surface area contributed by atoms with E-state index in [1.165, 1.54) is 0 Å². The molecule has 0 aliphatic carbocycles. The highest BCUT2D eigenvalue weighted by atomic mass is 16.5. The zero-order valence-corrected chi connectivity index (χ0v) is 30.5. The van der Waals surface area contributed by atoms with E-state index in [9.17, 15) is 19.5 Å². The molecule has 3 N–H and O–H groups in total. The molecule has 4 rings (SSSR count). The Morgan fingerprint density at radius 1 is 1.02 bits per heavy atom. The van der Waals surface area contributed by atoms with Crippen molar-refractivity contribution in [3.8, 4) is 5.75 Å². The highest BCUT2D eigenvalue weighted by Crippen LogP contribution is 2.29. The van der Waals surface area contributed by atoms with Gasteiger partial charge in [0, 0.05) is 50.2 Å². The minimum Gasteiger partial charge on any atom is -0.490 e. The topological polar surface area (TPSA) is 124 Å². The summed E-state index contributed by atoms with van der Waals surface area (Å²) in [4.78, 5) is 45.9. The van der Waals surface area contributed by atoms with Crippen molar-refractivity contribution >= 4 is 40.0 Å². The van der Waals surface area contributed by atoms with Crippen LogP contribution in [-0.4, -0.2) is 110 Å². The lowest BCUT2D eigenvalue weighted by Crippen LogP contribution is -2.48. The number of likely N-dealkylation sites (N-methyl/N-ethyl adjacent to an activating group) is 1. The average Bonchev–Trinajstić information content (AvgIpc) is 3.09. The first kappa shape index (κ1) is 38.6. The molecule has 0 bridgehead atoms. The predicted molar refractivity (Wildman–Crippen MR) is 199 cm³/mol. The zero-order chi connectivity index (χ0) is 36.2. The van der Waals surface area contributed by atoms with Gasteiger partial charge in [-0.1, -0.05) is 43.3 Å². The van der Waals surface area contributed by atoms with Crippen LogP contribution in [0.2, 0.25) is 0 Å². The molecule has 4 amide bonds. The van der Waals surface area contributed by atoms with E-state index in [1.807, 2.05) is 75.3 Å². The maximum absolute atomic E-state index is 14.4. The van der Waals surface area contributed by atoms with Gasteiger partial charge in [-0.05, 0) is 89.8 Å². The molecule has 1 aliphatic heterocycles. The van der Waals surface area contributed by atoms with Crippen molar-refractivity contribution in [1.29, 1.82) is 0 Å². The fraction of sp³-hybridized carbons (Fsp3) is 0.513. The van der Waals surface area contributed by atoms with Crippen molar-refractivity contribution < 1.29 is 29.0 Å². The second-order valence-corrected chi connectivity index (χ2v) is 13.8. The van der Waals surface area contributed by atoms with Gasteiger partial charge >= 0.3 is 6.03 Å². The van der Waals surface area contributed by atoms with E-state index in [-0.39, 0.29) is 49.1 Å². The second-order valence-electron chi connectivity index (χ2n) is 13.8. The Bertz CT molecular complexity index is 1580. The van der Waals surface area contributed by atoms with Crippen molar-refractivity contribution in [3.63, 3.8) is 0 Å². The molecule has 1 aliphatic rings. The molecule has 4 atom stereocenters. The summed E-state index contributed by atoms with van der Waals surface area (Å²) in [5.74, 6) is -0.212. The first-order valence-corrected chi connectivity index (χ1v) is 17.7. The molecule has 1 heterocycles. The fourth-order valence-electron chi connectivity index (χ4n) is 6.14. The van der Waals surface area contributed by atoms with Gasteiger partial charge in [0.2, 0.25) is 5.91 Å². The van der Waals surface area contributed by atoms with E-state index in [1.54, 1.807) is 42.0 Å². The number of benzene rings is 3. The SMILES string of the molecule is C[C@H](CO)N1C[C@H](C)[C@H](CN(C)C(=O)Nc2cccc3ccccc23)OCCCC[C@H](C)Oc2ccc(NC(=O)CCCN(C)C)cc2C1=O. The third-order valence-corrected chi connectivity index (χ3v) is 9.18. The molecule has 0 spiro atoms. The van der Waals surface area contributed by atoms with Gasteiger partial charge in [0.1, 0.15) is 5.75 Å². The van der Waals surface area contributed by atoms with Gasteiger partial charge in [0.15, 0.2) is 0 Å². The number of aliphatic hydroxyl groups excluding tert-OH is 1. The fourth-order valence-corrected chi connectivity index (χ4v) is 6.14. The minimum absolute atomic E-state index is 0.128. The van der Waals surface area contributed by atoms with Gasteiger partial charge in [-0.15, -0.1) is 0 Å². The van der Waals surface area contributed by atoms with Crippen LogP contribution in [0.15, 0.2) is 60.7 Å². The van der Waals surface area contributed by atoms with Crippen molar-refractivity contribution in [2.24, 2.45) is 5.92 Å². The molecule has 3 aromatic carbocycles. The molecule has 0 fully saturated rings. The van der Waals surface area contributed by atoms with E-state index in [0.29, 0.717) is 43.0 Å². The summed E-state index contributed by atoms with van der Waals surface area (Å²) in [6.45, 7) is 7.39. The number of anilines is 2. The molecule has 50 heavy (non-hydrogen) atoms. The van der Waals surface area contributed by atoms with Crippen molar-refractivity contribution in [3.05, 3.63) is 66.2 Å². The van der Waals surface area contributed by atoms with Crippen LogP contribution in [0.25, 0.3) is 10.8 Å². The molecule has 3 aromatic rings. The van der Waals surface area contributed by atoms with E-state index in [0.717, 1.165) is 42.3 Å². The molecule has 0 unspecified atom stereocenters. The van der Waals surface area contributed by atoms with E-state index >= 15 is 0 Å². The second kappa shape index (κ2) is 18.7. The number of carbonyl (C=O) groups is 3. The molecular weight excluding hydrogens is 634 g/mol. The van der Waals surface area contributed by atoms with Gasteiger partial charge in [-0.2, -0.15) is 0 Å². The maximum atomic E-state index is 14.4. The molecule has 0 saturated carbocycles. The number of urea groups is 1. The lowest BCUT2D eigenvalue weighted by molar-refractivity contribution is -0.116. The summed E-state index contributed by atoms with van der Waals surface area (Å²) < 4.78 is 12.7. The third kappa shape index (κ3) is 10.9. The van der Waals surface area contributed by atoms with Crippen molar-refractivity contribution in [1.82, 2.24) is 14.7 Å². The lowest BCUT2D eigenvalue weighted by Gasteiger charge is -2.35. The number of nitrogens with one attached hydrogen (secondary N) is 2. The van der Waals surface area contributed by atoms with Crippen LogP contribution in [0.5, 0.6) is 5.75 Å². The first-order chi connectivity index (χ1) is 24.0. The van der Waals surface area contributed by atoms with Gasteiger partial charge in [-0.25, -0.2) is 4.79 Å². The number of fused-ring (bicyclic) bond motifs is 2. The van der Waals surface area contributed by atoms with Crippen LogP contribution in [-0.2, 0) is 9.53 Å². The van der Waals surface area contributed by atoms with Crippen LogP contribution in [0.3, 0.4) is 0 Å². The smallest absolute Gasteiger partial charge is 0.321 e. The Kier molecular flexibility index (Phi) is 14.4. The molecular formula is C39H55N5O6.